The van der Waals surface area contributed by atoms with Gasteiger partial charge in [0, 0.05) is 12.3 Å². The third-order valence-electron chi connectivity index (χ3n) is 1.44. The van der Waals surface area contributed by atoms with Gasteiger partial charge in [-0.1, -0.05) is 13.8 Å². The van der Waals surface area contributed by atoms with Gasteiger partial charge in [0.2, 0.25) is 0 Å². The normalized spacial score (nSPS) is 12.3. The Balaban J connectivity index is 3.60. The second-order valence-electron chi connectivity index (χ2n) is 2.15. The molecule has 0 aromatic carbocycles. The van der Waals surface area contributed by atoms with Crippen LogP contribution in [0.15, 0.2) is 17.3 Å². The Morgan fingerprint density at radius 3 is 2.40 bits per heavy atom. The van der Waals surface area contributed by atoms with Crippen LogP contribution >= 0.6 is 0 Å². The van der Waals surface area contributed by atoms with E-state index in [0.717, 1.165) is 12.8 Å². The van der Waals surface area contributed by atoms with E-state index in [1.54, 1.807) is 12.3 Å². The lowest BCUT2D eigenvalue weighted by Crippen LogP contribution is -1.99. The topological polar surface area (TPSA) is 38.4 Å². The van der Waals surface area contributed by atoms with E-state index in [1.807, 2.05) is 0 Å². The number of nitrogens with zero attached hydrogens (tertiary/aromatic N) is 1. The predicted molar refractivity (Wildman–Crippen MR) is 46.2 cm³/mol. The van der Waals surface area contributed by atoms with E-state index in [0.29, 0.717) is 6.04 Å². The molecule has 0 aromatic rings. The van der Waals surface area contributed by atoms with Gasteiger partial charge in [0.1, 0.15) is 0 Å². The van der Waals surface area contributed by atoms with Gasteiger partial charge in [-0.15, -0.1) is 0 Å². The minimum absolute atomic E-state index is 0.469. The summed E-state index contributed by atoms with van der Waals surface area (Å²) in [5, 5.41) is 0. The second kappa shape index (κ2) is 6.33. The van der Waals surface area contributed by atoms with Gasteiger partial charge in [-0.2, -0.15) is 0 Å². The van der Waals surface area contributed by atoms with Crippen LogP contribution in [0.5, 0.6) is 0 Å². The molecule has 0 heterocycles. The molecule has 2 nitrogen and oxygen atoms in total. The van der Waals surface area contributed by atoms with Crippen LogP contribution in [0, 0.1) is 0 Å². The van der Waals surface area contributed by atoms with E-state index in [2.05, 4.69) is 18.8 Å². The zero-order valence-corrected chi connectivity index (χ0v) is 6.75. The van der Waals surface area contributed by atoms with Crippen molar-refractivity contribution in [2.75, 3.05) is 0 Å². The molecule has 10 heavy (non-hydrogen) atoms. The smallest absolute Gasteiger partial charge is 0.0494 e. The Morgan fingerprint density at radius 2 is 2.00 bits per heavy atom. The van der Waals surface area contributed by atoms with Crippen LogP contribution in [-0.2, 0) is 0 Å². The van der Waals surface area contributed by atoms with Gasteiger partial charge in [0.25, 0.3) is 0 Å². The Bertz CT molecular complexity index is 112. The highest BCUT2D eigenvalue weighted by Gasteiger charge is 1.95. The molecule has 0 bridgehead atoms. The van der Waals surface area contributed by atoms with Crippen LogP contribution in [0.2, 0.25) is 0 Å². The van der Waals surface area contributed by atoms with E-state index in [9.17, 15) is 0 Å². The molecule has 0 aliphatic heterocycles. The molecule has 0 saturated carbocycles. The zero-order valence-electron chi connectivity index (χ0n) is 6.75. The summed E-state index contributed by atoms with van der Waals surface area (Å²) in [4.78, 5) is 4.26. The van der Waals surface area contributed by atoms with Crippen LogP contribution in [-0.4, -0.2) is 12.3 Å². The zero-order chi connectivity index (χ0) is 7.82. The number of aliphatic imine (C=N–C) groups is 1. The Kier molecular flexibility index (Phi) is 5.83. The summed E-state index contributed by atoms with van der Waals surface area (Å²) in [5.74, 6) is 0. The molecular formula is C8H16N2. The van der Waals surface area contributed by atoms with Crippen molar-refractivity contribution >= 4 is 6.21 Å². The molecule has 0 radical (unpaired) electrons. The maximum Gasteiger partial charge on any atom is 0.0494 e. The number of allylic oxidation sites excluding steroid dienone is 1. The van der Waals surface area contributed by atoms with Crippen LogP contribution in [0.25, 0.3) is 0 Å². The Labute approximate surface area is 62.8 Å². The van der Waals surface area contributed by atoms with Crippen molar-refractivity contribution in [3.05, 3.63) is 12.3 Å². The minimum Gasteiger partial charge on any atom is -0.405 e. The summed E-state index contributed by atoms with van der Waals surface area (Å²) in [5.41, 5.74) is 5.13. The third-order valence-corrected chi connectivity index (χ3v) is 1.44. The van der Waals surface area contributed by atoms with E-state index in [-0.39, 0.29) is 0 Å². The molecule has 58 valence electrons. The van der Waals surface area contributed by atoms with Gasteiger partial charge in [0.15, 0.2) is 0 Å². The molecule has 0 aliphatic rings. The second-order valence-corrected chi connectivity index (χ2v) is 2.15. The average molecular weight is 140 g/mol. The fourth-order valence-electron chi connectivity index (χ4n) is 0.721. The lowest BCUT2D eigenvalue weighted by Gasteiger charge is -2.02. The van der Waals surface area contributed by atoms with Gasteiger partial charge < -0.3 is 5.73 Å². The van der Waals surface area contributed by atoms with Gasteiger partial charge in [-0.05, 0) is 25.1 Å². The molecule has 0 unspecified atom stereocenters. The lowest BCUT2D eigenvalue weighted by molar-refractivity contribution is 0.634. The van der Waals surface area contributed by atoms with E-state index in [4.69, 9.17) is 5.73 Å². The Hall–Kier alpha value is -0.790. The summed E-state index contributed by atoms with van der Waals surface area (Å²) in [6.45, 7) is 4.27. The van der Waals surface area contributed by atoms with Crippen LogP contribution in [0.1, 0.15) is 26.7 Å². The van der Waals surface area contributed by atoms with Crippen molar-refractivity contribution in [2.45, 2.75) is 32.7 Å². The molecule has 0 aliphatic carbocycles. The van der Waals surface area contributed by atoms with Gasteiger partial charge in [0.05, 0.1) is 0 Å². The summed E-state index contributed by atoms with van der Waals surface area (Å²) >= 11 is 0. The van der Waals surface area contributed by atoms with Crippen molar-refractivity contribution in [3.63, 3.8) is 0 Å². The molecule has 0 rings (SSSR count). The molecule has 0 atom stereocenters. The highest BCUT2D eigenvalue weighted by molar-refractivity contribution is 5.70. The fraction of sp³-hybridized carbons (Fsp3) is 0.625. The maximum atomic E-state index is 5.13. The molecule has 0 spiro atoms. The Morgan fingerprint density at radius 1 is 1.40 bits per heavy atom. The van der Waals surface area contributed by atoms with Crippen LogP contribution < -0.4 is 5.73 Å². The highest BCUT2D eigenvalue weighted by atomic mass is 14.8. The van der Waals surface area contributed by atoms with Crippen molar-refractivity contribution in [2.24, 2.45) is 10.7 Å². The quantitative estimate of drug-likeness (QED) is 0.593. The summed E-state index contributed by atoms with van der Waals surface area (Å²) in [6.07, 6.45) is 7.21. The lowest BCUT2D eigenvalue weighted by atomic mass is 10.2. The number of nitrogens with two attached hydrogens (primary N) is 1. The predicted octanol–water partition coefficient (Wildman–Crippen LogP) is 1.72. The summed E-state index contributed by atoms with van der Waals surface area (Å²) in [6, 6.07) is 0.469. The molecule has 0 aromatic heterocycles. The van der Waals surface area contributed by atoms with Crippen molar-refractivity contribution in [1.29, 1.82) is 0 Å². The monoisotopic (exact) mass is 140 g/mol. The van der Waals surface area contributed by atoms with E-state index >= 15 is 0 Å². The molecule has 0 saturated heterocycles. The fourth-order valence-corrected chi connectivity index (χ4v) is 0.721. The third kappa shape index (κ3) is 4.13. The molecule has 0 fully saturated rings. The largest absolute Gasteiger partial charge is 0.405 e. The van der Waals surface area contributed by atoms with Crippen molar-refractivity contribution in [1.82, 2.24) is 0 Å². The number of rotatable bonds is 4. The SMILES string of the molecule is CCC(CC)/N=C\C=C/N. The summed E-state index contributed by atoms with van der Waals surface area (Å²) in [7, 11) is 0. The van der Waals surface area contributed by atoms with Gasteiger partial charge in [-0.25, -0.2) is 0 Å². The van der Waals surface area contributed by atoms with E-state index in [1.165, 1.54) is 6.20 Å². The molecule has 2 N–H and O–H groups in total. The van der Waals surface area contributed by atoms with Crippen molar-refractivity contribution < 1.29 is 0 Å². The first kappa shape index (κ1) is 9.21. The average Bonchev–Trinajstić information content (AvgIpc) is 1.99. The molecular weight excluding hydrogens is 124 g/mol. The van der Waals surface area contributed by atoms with Gasteiger partial charge in [-0.3, -0.25) is 4.99 Å². The standard InChI is InChI=1S/C8H16N2/c1-3-8(4-2)10-7-5-6-9/h5-8H,3-4,9H2,1-2H3/b6-5-,10-7-. The van der Waals surface area contributed by atoms with Crippen molar-refractivity contribution in [3.8, 4) is 0 Å². The minimum atomic E-state index is 0.469. The first-order valence-electron chi connectivity index (χ1n) is 3.75. The maximum absolute atomic E-state index is 5.13. The number of hydrogen-bond acceptors (Lipinski definition) is 2. The van der Waals surface area contributed by atoms with Gasteiger partial charge >= 0.3 is 0 Å². The van der Waals surface area contributed by atoms with E-state index < -0.39 is 0 Å². The molecule has 2 heteroatoms. The van der Waals surface area contributed by atoms with Crippen LogP contribution in [0.4, 0.5) is 0 Å². The first-order chi connectivity index (χ1) is 4.85. The highest BCUT2D eigenvalue weighted by Crippen LogP contribution is 2.00. The number of hydrogen-bond donors (Lipinski definition) is 1. The molecule has 0 amide bonds. The summed E-state index contributed by atoms with van der Waals surface area (Å²) < 4.78 is 0. The first-order valence-corrected chi connectivity index (χ1v) is 3.75. The van der Waals surface area contributed by atoms with Crippen LogP contribution in [0.3, 0.4) is 0 Å².